The van der Waals surface area contributed by atoms with Crippen LogP contribution in [0.4, 0.5) is 0 Å². The number of thioether (sulfide) groups is 1. The molecule has 9 nitrogen and oxygen atoms in total. The number of aliphatic hydroxyl groups is 1. The van der Waals surface area contributed by atoms with Gasteiger partial charge < -0.3 is 19.7 Å². The van der Waals surface area contributed by atoms with Gasteiger partial charge in [0.2, 0.25) is 0 Å². The summed E-state index contributed by atoms with van der Waals surface area (Å²) in [6, 6.07) is 13.9. The van der Waals surface area contributed by atoms with E-state index in [1.165, 1.54) is 11.8 Å². The number of hydrogen-bond donors (Lipinski definition) is 2. The molecule has 2 N–H and O–H groups in total. The van der Waals surface area contributed by atoms with E-state index in [1.807, 2.05) is 19.1 Å². The van der Waals surface area contributed by atoms with E-state index in [4.69, 9.17) is 14.6 Å². The molecule has 0 fully saturated rings. The Bertz CT molecular complexity index is 1320. The molecule has 0 atom stereocenters. The minimum absolute atomic E-state index is 0.228. The number of carbonyl (C=O) groups excluding carboxylic acids is 2. The van der Waals surface area contributed by atoms with Gasteiger partial charge in [-0.1, -0.05) is 43.0 Å². The van der Waals surface area contributed by atoms with Crippen molar-refractivity contribution in [3.8, 4) is 17.0 Å². The number of methoxy groups -OCH3 is 1. The van der Waals surface area contributed by atoms with Gasteiger partial charge in [0.05, 0.1) is 25.1 Å². The third-order valence-electron chi connectivity index (χ3n) is 5.24. The van der Waals surface area contributed by atoms with Crippen LogP contribution in [0.1, 0.15) is 41.0 Å². The monoisotopic (exact) mass is 522 g/mol. The lowest BCUT2D eigenvalue weighted by Gasteiger charge is -2.14. The Labute approximate surface area is 218 Å². The first kappa shape index (κ1) is 27.4. The van der Waals surface area contributed by atoms with Crippen LogP contribution in [0.25, 0.3) is 17.0 Å². The van der Waals surface area contributed by atoms with Gasteiger partial charge in [-0.3, -0.25) is 4.79 Å². The van der Waals surface area contributed by atoms with Crippen molar-refractivity contribution in [3.63, 3.8) is 0 Å². The van der Waals surface area contributed by atoms with Crippen LogP contribution in [0, 0.1) is 0 Å². The molecule has 0 radical (unpaired) electrons. The number of ether oxygens (including phenoxy) is 2. The topological polar surface area (TPSA) is 136 Å². The van der Waals surface area contributed by atoms with Crippen molar-refractivity contribution in [2.45, 2.75) is 31.2 Å². The maximum Gasteiger partial charge on any atom is 0.376 e. The predicted octanol–water partition coefficient (Wildman–Crippen LogP) is 4.74. The van der Waals surface area contributed by atoms with Crippen LogP contribution < -0.4 is 4.74 Å². The molecule has 0 spiro atoms. The fourth-order valence-electron chi connectivity index (χ4n) is 3.37. The molecule has 1 heterocycles. The summed E-state index contributed by atoms with van der Waals surface area (Å²) < 4.78 is 10.5. The lowest BCUT2D eigenvalue weighted by atomic mass is 10.0. The Kier molecular flexibility index (Phi) is 9.39. The summed E-state index contributed by atoms with van der Waals surface area (Å²) in [7, 11) is 1.58. The van der Waals surface area contributed by atoms with Crippen LogP contribution in [-0.2, 0) is 26.5 Å². The van der Waals surface area contributed by atoms with E-state index in [0.717, 1.165) is 11.1 Å². The number of carbonyl (C=O) groups is 3. The van der Waals surface area contributed by atoms with Gasteiger partial charge in [0, 0.05) is 23.0 Å². The minimum Gasteiger partial charge on any atom is -0.507 e. The van der Waals surface area contributed by atoms with E-state index in [2.05, 4.69) is 9.97 Å². The van der Waals surface area contributed by atoms with Crippen molar-refractivity contribution in [1.82, 2.24) is 9.97 Å². The molecule has 10 heteroatoms. The predicted molar refractivity (Wildman–Crippen MR) is 139 cm³/mol. The summed E-state index contributed by atoms with van der Waals surface area (Å²) in [5.41, 5.74) is 3.31. The molecule has 0 saturated carbocycles. The number of aliphatic carboxylic acids is 1. The second kappa shape index (κ2) is 12.7. The van der Waals surface area contributed by atoms with Gasteiger partial charge >= 0.3 is 11.9 Å². The number of benzene rings is 2. The maximum absolute atomic E-state index is 12.8. The molecule has 0 aliphatic rings. The first-order chi connectivity index (χ1) is 17.8. The molecule has 0 amide bonds. The third-order valence-corrected chi connectivity index (χ3v) is 6.16. The highest BCUT2D eigenvalue weighted by Crippen LogP contribution is 2.30. The largest absolute Gasteiger partial charge is 0.507 e. The molecular formula is C27H26N2O7S. The van der Waals surface area contributed by atoms with Crippen LogP contribution >= 0.6 is 11.8 Å². The number of aryl methyl sites for hydroxylation is 1. The van der Waals surface area contributed by atoms with Crippen molar-refractivity contribution in [2.75, 3.05) is 13.7 Å². The molecule has 0 saturated heterocycles. The van der Waals surface area contributed by atoms with Gasteiger partial charge in [-0.25, -0.2) is 19.6 Å². The number of rotatable bonds is 11. The zero-order chi connectivity index (χ0) is 26.9. The first-order valence-electron chi connectivity index (χ1n) is 11.4. The quantitative estimate of drug-likeness (QED) is 0.0908. The molecule has 3 aromatic rings. The third kappa shape index (κ3) is 6.95. The van der Waals surface area contributed by atoms with Crippen molar-refractivity contribution < 1.29 is 34.1 Å². The summed E-state index contributed by atoms with van der Waals surface area (Å²) in [6.45, 7) is 3.88. The summed E-state index contributed by atoms with van der Waals surface area (Å²) in [5.74, 6) is -2.60. The zero-order valence-electron chi connectivity index (χ0n) is 20.6. The highest BCUT2D eigenvalue weighted by molar-refractivity contribution is 7.98. The number of aliphatic hydroxyl groups excluding tert-OH is 1. The van der Waals surface area contributed by atoms with E-state index >= 15 is 0 Å². The van der Waals surface area contributed by atoms with Crippen LogP contribution in [0.15, 0.2) is 59.8 Å². The molecule has 1 aromatic heterocycles. The Hall–Kier alpha value is -4.18. The van der Waals surface area contributed by atoms with E-state index in [-0.39, 0.29) is 6.61 Å². The summed E-state index contributed by atoms with van der Waals surface area (Å²) in [6.07, 6.45) is 1.17. The number of carboxylic acids is 1. The molecule has 0 bridgehead atoms. The number of aromatic nitrogens is 2. The Morgan fingerprint density at radius 2 is 1.65 bits per heavy atom. The lowest BCUT2D eigenvalue weighted by molar-refractivity contribution is -0.146. The van der Waals surface area contributed by atoms with Gasteiger partial charge in [-0.05, 0) is 43.2 Å². The number of nitrogens with zero attached hydrogens (tertiary/aromatic N) is 2. The van der Waals surface area contributed by atoms with Crippen molar-refractivity contribution in [1.29, 1.82) is 0 Å². The van der Waals surface area contributed by atoms with Gasteiger partial charge in [-0.2, -0.15) is 0 Å². The molecule has 0 aliphatic carbocycles. The molecule has 192 valence electrons. The zero-order valence-corrected chi connectivity index (χ0v) is 21.4. The first-order valence-corrected chi connectivity index (χ1v) is 12.4. The van der Waals surface area contributed by atoms with E-state index < -0.39 is 23.5 Å². The SMILES string of the molecule is CCOC(=O)c1c(CC)nc(SCc2ccc(C(O)=CC(=O)C(=O)O)cc2)nc1-c1ccc(OC)cc1. The van der Waals surface area contributed by atoms with Gasteiger partial charge in [-0.15, -0.1) is 0 Å². The minimum atomic E-state index is -1.64. The highest BCUT2D eigenvalue weighted by Gasteiger charge is 2.23. The smallest absolute Gasteiger partial charge is 0.376 e. The Balaban J connectivity index is 1.89. The van der Waals surface area contributed by atoms with Crippen molar-refractivity contribution >= 4 is 35.2 Å². The van der Waals surface area contributed by atoms with Crippen LogP contribution in [0.2, 0.25) is 0 Å². The number of ketones is 1. The summed E-state index contributed by atoms with van der Waals surface area (Å²) >= 11 is 1.37. The number of esters is 1. The van der Waals surface area contributed by atoms with Gasteiger partial charge in [0.1, 0.15) is 17.1 Å². The second-order valence-electron chi connectivity index (χ2n) is 7.66. The van der Waals surface area contributed by atoms with Crippen LogP contribution in [0.3, 0.4) is 0 Å². The van der Waals surface area contributed by atoms with Crippen molar-refractivity contribution in [3.05, 3.63) is 77.0 Å². The van der Waals surface area contributed by atoms with Crippen LogP contribution in [-0.4, -0.2) is 51.6 Å². The van der Waals surface area contributed by atoms with E-state index in [1.54, 1.807) is 50.4 Å². The average molecular weight is 523 g/mol. The molecule has 2 aromatic carbocycles. The number of carboxylic acid groups (broad SMARTS) is 1. The fraction of sp³-hybridized carbons (Fsp3) is 0.222. The molecule has 0 aliphatic heterocycles. The standard InChI is InChI=1S/C27H26N2O7S/c1-4-20-23(26(34)36-5-2)24(18-10-12-19(35-3)13-11-18)29-27(28-20)37-15-16-6-8-17(9-7-16)21(30)14-22(31)25(32)33/h6-14,30H,4-5,15H2,1-3H3,(H,32,33). The second-order valence-corrected chi connectivity index (χ2v) is 8.61. The fourth-order valence-corrected chi connectivity index (χ4v) is 4.19. The highest BCUT2D eigenvalue weighted by atomic mass is 32.2. The molecule has 0 unspecified atom stereocenters. The van der Waals surface area contributed by atoms with E-state index in [9.17, 15) is 19.5 Å². The number of hydrogen-bond acceptors (Lipinski definition) is 9. The maximum atomic E-state index is 12.8. The van der Waals surface area contributed by atoms with Crippen LogP contribution in [0.5, 0.6) is 5.75 Å². The molecular weight excluding hydrogens is 496 g/mol. The summed E-state index contributed by atoms with van der Waals surface area (Å²) in [5, 5.41) is 19.1. The Morgan fingerprint density at radius 1 is 0.973 bits per heavy atom. The average Bonchev–Trinajstić information content (AvgIpc) is 2.91. The Morgan fingerprint density at radius 3 is 2.22 bits per heavy atom. The van der Waals surface area contributed by atoms with Gasteiger partial charge in [0.15, 0.2) is 5.16 Å². The normalized spacial score (nSPS) is 11.2. The van der Waals surface area contributed by atoms with Gasteiger partial charge in [0.25, 0.3) is 5.78 Å². The summed E-state index contributed by atoms with van der Waals surface area (Å²) in [4.78, 5) is 44.1. The van der Waals surface area contributed by atoms with E-state index in [0.29, 0.717) is 51.7 Å². The molecule has 3 rings (SSSR count). The van der Waals surface area contributed by atoms with Crippen molar-refractivity contribution in [2.24, 2.45) is 0 Å². The molecule has 37 heavy (non-hydrogen) atoms. The lowest BCUT2D eigenvalue weighted by Crippen LogP contribution is -2.13.